The van der Waals surface area contributed by atoms with Crippen molar-refractivity contribution in [3.8, 4) is 17.1 Å². The number of nitrogens with zero attached hydrogens (tertiary/aromatic N) is 2. The van der Waals surface area contributed by atoms with E-state index in [2.05, 4.69) is 46.4 Å². The monoisotopic (exact) mass is 373 g/mol. The first-order valence-corrected chi connectivity index (χ1v) is 9.64. The third-order valence-electron chi connectivity index (χ3n) is 3.70. The Labute approximate surface area is 157 Å². The molecule has 0 radical (unpaired) electrons. The van der Waals surface area contributed by atoms with E-state index in [0.717, 1.165) is 40.9 Å². The van der Waals surface area contributed by atoms with Gasteiger partial charge in [-0.2, -0.15) is 0 Å². The number of aromatic amines is 1. The maximum Gasteiger partial charge on any atom is 0.208 e. The zero-order valence-corrected chi connectivity index (χ0v) is 15.6. The predicted molar refractivity (Wildman–Crippen MR) is 103 cm³/mol. The van der Waals surface area contributed by atoms with Crippen molar-refractivity contribution in [3.63, 3.8) is 0 Å². The average molecular weight is 374 g/mol. The maximum absolute atomic E-state index is 5.85. The lowest BCUT2D eigenvalue weighted by atomic mass is 10.1. The van der Waals surface area contributed by atoms with Crippen LogP contribution in [-0.4, -0.2) is 27.5 Å². The standard InChI is InChI=1S/C19H20ClN3OS/c1-2-14-4-6-15(7-5-14)18-21-19(23-22-18)25-13-3-12-24-17-10-8-16(20)9-11-17/h4-11H,2-3,12-13H2,1H3,(H,21,22,23). The molecule has 4 nitrogen and oxygen atoms in total. The summed E-state index contributed by atoms with van der Waals surface area (Å²) in [5.41, 5.74) is 2.38. The summed E-state index contributed by atoms with van der Waals surface area (Å²) in [6, 6.07) is 15.8. The van der Waals surface area contributed by atoms with E-state index in [4.69, 9.17) is 16.3 Å². The average Bonchev–Trinajstić information content (AvgIpc) is 3.12. The van der Waals surface area contributed by atoms with E-state index < -0.39 is 0 Å². The van der Waals surface area contributed by atoms with Gasteiger partial charge in [0.25, 0.3) is 0 Å². The number of benzene rings is 2. The molecule has 2 aromatic carbocycles. The van der Waals surface area contributed by atoms with E-state index in [9.17, 15) is 0 Å². The number of rotatable bonds is 8. The van der Waals surface area contributed by atoms with Crippen molar-refractivity contribution < 1.29 is 4.74 Å². The number of aryl methyl sites for hydroxylation is 1. The molecule has 0 unspecified atom stereocenters. The number of aromatic nitrogens is 3. The van der Waals surface area contributed by atoms with Gasteiger partial charge in [-0.1, -0.05) is 54.6 Å². The molecule has 6 heteroatoms. The minimum atomic E-state index is 0.657. The molecule has 0 aliphatic carbocycles. The smallest absolute Gasteiger partial charge is 0.208 e. The Morgan fingerprint density at radius 2 is 1.84 bits per heavy atom. The van der Waals surface area contributed by atoms with Gasteiger partial charge >= 0.3 is 0 Å². The minimum Gasteiger partial charge on any atom is -0.494 e. The van der Waals surface area contributed by atoms with E-state index in [0.29, 0.717) is 11.6 Å². The highest BCUT2D eigenvalue weighted by atomic mass is 35.5. The molecule has 1 heterocycles. The maximum atomic E-state index is 5.85. The lowest BCUT2D eigenvalue weighted by Gasteiger charge is -2.05. The molecule has 0 spiro atoms. The number of thioether (sulfide) groups is 1. The fourth-order valence-electron chi connectivity index (χ4n) is 2.28. The van der Waals surface area contributed by atoms with Gasteiger partial charge in [0.15, 0.2) is 5.82 Å². The predicted octanol–water partition coefficient (Wildman–Crippen LogP) is 5.25. The van der Waals surface area contributed by atoms with Gasteiger partial charge in [-0.3, -0.25) is 5.10 Å². The lowest BCUT2D eigenvalue weighted by molar-refractivity contribution is 0.318. The molecule has 0 amide bonds. The third-order valence-corrected chi connectivity index (χ3v) is 4.89. The van der Waals surface area contributed by atoms with Crippen LogP contribution in [-0.2, 0) is 6.42 Å². The zero-order chi connectivity index (χ0) is 17.5. The van der Waals surface area contributed by atoms with Gasteiger partial charge < -0.3 is 4.74 Å². The highest BCUT2D eigenvalue weighted by Crippen LogP contribution is 2.21. The summed E-state index contributed by atoms with van der Waals surface area (Å²) in [6.07, 6.45) is 1.96. The number of H-pyrrole nitrogens is 1. The zero-order valence-electron chi connectivity index (χ0n) is 14.0. The molecule has 0 aliphatic heterocycles. The summed E-state index contributed by atoms with van der Waals surface area (Å²) in [7, 11) is 0. The second-order valence-corrected chi connectivity index (χ2v) is 7.02. The lowest BCUT2D eigenvalue weighted by Crippen LogP contribution is -1.98. The molecule has 0 fully saturated rings. The first kappa shape index (κ1) is 17.8. The number of halogens is 1. The highest BCUT2D eigenvalue weighted by Gasteiger charge is 2.06. The second-order valence-electron chi connectivity index (χ2n) is 5.52. The van der Waals surface area contributed by atoms with Crippen molar-refractivity contribution in [2.45, 2.75) is 24.9 Å². The number of nitrogens with one attached hydrogen (secondary N) is 1. The Morgan fingerprint density at radius 1 is 1.08 bits per heavy atom. The number of hydrogen-bond donors (Lipinski definition) is 1. The molecule has 25 heavy (non-hydrogen) atoms. The van der Waals surface area contributed by atoms with Crippen LogP contribution in [0.1, 0.15) is 18.9 Å². The second kappa shape index (κ2) is 8.92. The molecular formula is C19H20ClN3OS. The summed E-state index contributed by atoms with van der Waals surface area (Å²) in [5.74, 6) is 2.55. The molecular weight excluding hydrogens is 354 g/mol. The largest absolute Gasteiger partial charge is 0.494 e. The van der Waals surface area contributed by atoms with Crippen LogP contribution in [0.4, 0.5) is 0 Å². The van der Waals surface area contributed by atoms with Crippen LogP contribution in [0.3, 0.4) is 0 Å². The summed E-state index contributed by atoms with van der Waals surface area (Å²) >= 11 is 7.48. The van der Waals surface area contributed by atoms with Crippen LogP contribution in [0, 0.1) is 0 Å². The fourth-order valence-corrected chi connectivity index (χ4v) is 3.12. The van der Waals surface area contributed by atoms with Gasteiger partial charge in [-0.05, 0) is 42.7 Å². The minimum absolute atomic E-state index is 0.657. The highest BCUT2D eigenvalue weighted by molar-refractivity contribution is 7.99. The summed E-state index contributed by atoms with van der Waals surface area (Å²) in [6.45, 7) is 2.80. The van der Waals surface area contributed by atoms with Gasteiger partial charge in [-0.15, -0.1) is 5.10 Å². The Kier molecular flexibility index (Phi) is 6.36. The van der Waals surface area contributed by atoms with Crippen LogP contribution < -0.4 is 4.74 Å². The van der Waals surface area contributed by atoms with Crippen molar-refractivity contribution in [2.75, 3.05) is 12.4 Å². The van der Waals surface area contributed by atoms with E-state index in [1.807, 2.05) is 24.3 Å². The Bertz CT molecular complexity index is 787. The molecule has 0 saturated heterocycles. The van der Waals surface area contributed by atoms with Gasteiger partial charge in [0.05, 0.1) is 6.61 Å². The van der Waals surface area contributed by atoms with E-state index >= 15 is 0 Å². The normalized spacial score (nSPS) is 10.8. The quantitative estimate of drug-likeness (QED) is 0.433. The molecule has 0 atom stereocenters. The molecule has 130 valence electrons. The first-order chi connectivity index (χ1) is 12.2. The van der Waals surface area contributed by atoms with E-state index in [1.54, 1.807) is 11.8 Å². The molecule has 0 saturated carbocycles. The summed E-state index contributed by atoms with van der Waals surface area (Å²) in [4.78, 5) is 4.54. The van der Waals surface area contributed by atoms with Gasteiger partial charge in [0, 0.05) is 16.3 Å². The number of hydrogen-bond acceptors (Lipinski definition) is 4. The molecule has 0 bridgehead atoms. The third kappa shape index (κ3) is 5.25. The van der Waals surface area contributed by atoms with E-state index in [-0.39, 0.29) is 0 Å². The Morgan fingerprint density at radius 3 is 2.56 bits per heavy atom. The molecule has 3 aromatic rings. The van der Waals surface area contributed by atoms with Gasteiger partial charge in [-0.25, -0.2) is 4.98 Å². The number of ether oxygens (including phenoxy) is 1. The van der Waals surface area contributed by atoms with Crippen LogP contribution in [0.15, 0.2) is 53.7 Å². The van der Waals surface area contributed by atoms with Crippen LogP contribution in [0.25, 0.3) is 11.4 Å². The van der Waals surface area contributed by atoms with Crippen molar-refractivity contribution in [1.29, 1.82) is 0 Å². The van der Waals surface area contributed by atoms with Crippen LogP contribution in [0.2, 0.25) is 5.02 Å². The fraction of sp³-hybridized carbons (Fsp3) is 0.263. The van der Waals surface area contributed by atoms with Crippen LogP contribution in [0.5, 0.6) is 5.75 Å². The van der Waals surface area contributed by atoms with Crippen molar-refractivity contribution in [2.24, 2.45) is 0 Å². The Hall–Kier alpha value is -1.98. The molecule has 0 aliphatic rings. The van der Waals surface area contributed by atoms with Gasteiger partial charge in [0.2, 0.25) is 5.16 Å². The first-order valence-electron chi connectivity index (χ1n) is 8.27. The van der Waals surface area contributed by atoms with Gasteiger partial charge in [0.1, 0.15) is 5.75 Å². The van der Waals surface area contributed by atoms with Crippen molar-refractivity contribution in [3.05, 3.63) is 59.1 Å². The summed E-state index contributed by atoms with van der Waals surface area (Å²) < 4.78 is 5.67. The topological polar surface area (TPSA) is 50.8 Å². The summed E-state index contributed by atoms with van der Waals surface area (Å²) in [5, 5.41) is 8.76. The van der Waals surface area contributed by atoms with E-state index in [1.165, 1.54) is 5.56 Å². The van der Waals surface area contributed by atoms with Crippen molar-refractivity contribution >= 4 is 23.4 Å². The Balaban J connectivity index is 1.43. The van der Waals surface area contributed by atoms with Crippen molar-refractivity contribution in [1.82, 2.24) is 15.2 Å². The molecule has 1 N–H and O–H groups in total. The molecule has 1 aromatic heterocycles. The molecule has 3 rings (SSSR count). The van der Waals surface area contributed by atoms with Crippen LogP contribution >= 0.6 is 23.4 Å². The SMILES string of the molecule is CCc1ccc(-c2nc(SCCCOc3ccc(Cl)cc3)n[nH]2)cc1.